The second-order valence-corrected chi connectivity index (χ2v) is 8.36. The molecule has 0 bridgehead atoms. The predicted molar refractivity (Wildman–Crippen MR) is 117 cm³/mol. The number of aromatic nitrogens is 2. The van der Waals surface area contributed by atoms with Gasteiger partial charge in [-0.05, 0) is 68.7 Å². The van der Waals surface area contributed by atoms with E-state index < -0.39 is 0 Å². The second kappa shape index (κ2) is 10.6. The predicted octanol–water partition coefficient (Wildman–Crippen LogP) is 4.15. The molecule has 1 aromatic carbocycles. The van der Waals surface area contributed by atoms with Crippen LogP contribution in [0.3, 0.4) is 0 Å². The van der Waals surface area contributed by atoms with Gasteiger partial charge in [-0.15, -0.1) is 0 Å². The van der Waals surface area contributed by atoms with Crippen molar-refractivity contribution >= 4 is 23.4 Å². The van der Waals surface area contributed by atoms with Crippen LogP contribution in [0.1, 0.15) is 36.8 Å². The summed E-state index contributed by atoms with van der Waals surface area (Å²) in [5, 5.41) is 3.85. The molecule has 3 rings (SSSR count). The number of nitrogens with zero attached hydrogens (tertiary/aromatic N) is 3. The Morgan fingerprint density at radius 2 is 2.14 bits per heavy atom. The van der Waals surface area contributed by atoms with E-state index in [0.29, 0.717) is 12.3 Å². The molecular formula is C22H30N4O2S. The van der Waals surface area contributed by atoms with E-state index in [1.54, 1.807) is 18.9 Å². The summed E-state index contributed by atoms with van der Waals surface area (Å²) in [5.74, 6) is 1.44. The molecule has 7 heteroatoms. The number of hydrogen-bond donors (Lipinski definition) is 1. The minimum absolute atomic E-state index is 0.0800. The van der Waals surface area contributed by atoms with Crippen molar-refractivity contribution in [2.45, 2.75) is 44.3 Å². The molecule has 0 radical (unpaired) electrons. The molecular weight excluding hydrogens is 384 g/mol. The van der Waals surface area contributed by atoms with Crippen molar-refractivity contribution in [2.24, 2.45) is 5.92 Å². The average molecular weight is 415 g/mol. The number of methoxy groups -OCH3 is 1. The van der Waals surface area contributed by atoms with E-state index >= 15 is 0 Å². The van der Waals surface area contributed by atoms with Gasteiger partial charge in [0, 0.05) is 43.2 Å². The summed E-state index contributed by atoms with van der Waals surface area (Å²) in [6.45, 7) is 4.98. The largest absolute Gasteiger partial charge is 0.497 e. The lowest BCUT2D eigenvalue weighted by molar-refractivity contribution is -0.116. The molecule has 1 fully saturated rings. The Balaban J connectivity index is 1.45. The van der Waals surface area contributed by atoms with Gasteiger partial charge in [0.15, 0.2) is 5.16 Å². The number of carbonyl (C=O) groups excluding carboxylic acids is 1. The molecule has 0 aliphatic carbocycles. The van der Waals surface area contributed by atoms with Gasteiger partial charge < -0.3 is 10.1 Å². The van der Waals surface area contributed by atoms with Crippen LogP contribution in [-0.4, -0.2) is 47.2 Å². The van der Waals surface area contributed by atoms with E-state index in [1.165, 1.54) is 12.8 Å². The molecule has 1 aromatic heterocycles. The highest BCUT2D eigenvalue weighted by Crippen LogP contribution is 2.24. The smallest absolute Gasteiger partial charge is 0.224 e. The first-order valence-corrected chi connectivity index (χ1v) is 11.3. The molecule has 29 heavy (non-hydrogen) atoms. The Bertz CT molecular complexity index is 813. The third-order valence-corrected chi connectivity index (χ3v) is 5.94. The van der Waals surface area contributed by atoms with Gasteiger partial charge in [-0.2, -0.15) is 0 Å². The van der Waals surface area contributed by atoms with E-state index in [4.69, 9.17) is 4.74 Å². The molecule has 2 heterocycles. The summed E-state index contributed by atoms with van der Waals surface area (Å²) in [6, 6.07) is 5.71. The van der Waals surface area contributed by atoms with Crippen LogP contribution < -0.4 is 10.1 Å². The lowest BCUT2D eigenvalue weighted by Crippen LogP contribution is -2.35. The van der Waals surface area contributed by atoms with Gasteiger partial charge in [0.25, 0.3) is 0 Å². The average Bonchev–Trinajstić information content (AvgIpc) is 2.74. The Morgan fingerprint density at radius 1 is 1.34 bits per heavy atom. The van der Waals surface area contributed by atoms with Crippen LogP contribution in [0.2, 0.25) is 0 Å². The molecule has 156 valence electrons. The maximum atomic E-state index is 12.4. The van der Waals surface area contributed by atoms with Gasteiger partial charge in [0.05, 0.1) is 7.11 Å². The van der Waals surface area contributed by atoms with E-state index in [9.17, 15) is 4.79 Å². The SMILES string of the molecule is COc1ccc(NC(=O)CC[C@H]2CCCN(Cc3cnc(SC)nc3)C2)c(C)c1. The standard InChI is InChI=1S/C22H30N4O2S/c1-16-11-19(28-2)7-8-20(16)25-21(27)9-6-17-5-4-10-26(14-17)15-18-12-23-22(29-3)24-13-18/h7-8,11-13,17H,4-6,9-10,14-15H2,1-3H3,(H,25,27)/t17-/m1/s1. The number of carbonyl (C=O) groups is 1. The number of nitrogens with one attached hydrogen (secondary N) is 1. The van der Waals surface area contributed by atoms with Gasteiger partial charge in [-0.3, -0.25) is 9.69 Å². The van der Waals surface area contributed by atoms with Gasteiger partial charge >= 0.3 is 0 Å². The fourth-order valence-corrected chi connectivity index (χ4v) is 4.09. The normalized spacial score (nSPS) is 17.1. The summed E-state index contributed by atoms with van der Waals surface area (Å²) < 4.78 is 5.22. The lowest BCUT2D eigenvalue weighted by atomic mass is 9.93. The molecule has 1 aliphatic rings. The number of ether oxygens (including phenoxy) is 1. The molecule has 1 aliphatic heterocycles. The highest BCUT2D eigenvalue weighted by atomic mass is 32.2. The molecule has 1 atom stereocenters. The maximum absolute atomic E-state index is 12.4. The molecule has 2 aromatic rings. The third-order valence-electron chi connectivity index (χ3n) is 5.36. The summed E-state index contributed by atoms with van der Waals surface area (Å²) >= 11 is 1.56. The highest BCUT2D eigenvalue weighted by molar-refractivity contribution is 7.98. The first kappa shape index (κ1) is 21.6. The van der Waals surface area contributed by atoms with Crippen LogP contribution in [0.4, 0.5) is 5.69 Å². The van der Waals surface area contributed by atoms with Crippen molar-refractivity contribution < 1.29 is 9.53 Å². The molecule has 6 nitrogen and oxygen atoms in total. The molecule has 1 N–H and O–H groups in total. The second-order valence-electron chi connectivity index (χ2n) is 7.59. The van der Waals surface area contributed by atoms with Gasteiger partial charge in [-0.1, -0.05) is 11.8 Å². The molecule has 0 unspecified atom stereocenters. The van der Waals surface area contributed by atoms with Crippen molar-refractivity contribution in [1.29, 1.82) is 0 Å². The molecule has 1 amide bonds. The van der Waals surface area contributed by atoms with Crippen LogP contribution >= 0.6 is 11.8 Å². The minimum Gasteiger partial charge on any atom is -0.497 e. The number of likely N-dealkylation sites (tertiary alicyclic amines) is 1. The quantitative estimate of drug-likeness (QED) is 0.517. The topological polar surface area (TPSA) is 67.3 Å². The molecule has 1 saturated heterocycles. The summed E-state index contributed by atoms with van der Waals surface area (Å²) in [7, 11) is 1.65. The zero-order valence-electron chi connectivity index (χ0n) is 17.5. The van der Waals surface area contributed by atoms with E-state index in [0.717, 1.165) is 53.8 Å². The fraction of sp³-hybridized carbons (Fsp3) is 0.500. The number of thioether (sulfide) groups is 1. The van der Waals surface area contributed by atoms with Crippen molar-refractivity contribution in [3.05, 3.63) is 41.7 Å². The number of aryl methyl sites for hydroxylation is 1. The van der Waals surface area contributed by atoms with Crippen molar-refractivity contribution in [2.75, 3.05) is 31.8 Å². The summed E-state index contributed by atoms with van der Waals surface area (Å²) in [5.41, 5.74) is 3.02. The van der Waals surface area contributed by atoms with Crippen molar-refractivity contribution in [3.63, 3.8) is 0 Å². The summed E-state index contributed by atoms with van der Waals surface area (Å²) in [4.78, 5) is 23.6. The van der Waals surface area contributed by atoms with Crippen LogP contribution in [0.15, 0.2) is 35.7 Å². The first-order valence-electron chi connectivity index (χ1n) is 10.1. The Kier molecular flexibility index (Phi) is 7.89. The summed E-state index contributed by atoms with van der Waals surface area (Å²) in [6.07, 6.45) is 9.66. The molecule has 0 saturated carbocycles. The fourth-order valence-electron chi connectivity index (χ4n) is 3.77. The molecule has 0 spiro atoms. The lowest BCUT2D eigenvalue weighted by Gasteiger charge is -2.32. The number of benzene rings is 1. The third kappa shape index (κ3) is 6.44. The maximum Gasteiger partial charge on any atom is 0.224 e. The number of rotatable bonds is 8. The Hall–Kier alpha value is -2.12. The first-order chi connectivity index (χ1) is 14.1. The number of anilines is 1. The number of hydrogen-bond acceptors (Lipinski definition) is 6. The minimum atomic E-state index is 0.0800. The highest BCUT2D eigenvalue weighted by Gasteiger charge is 2.21. The van der Waals surface area contributed by atoms with Gasteiger partial charge in [0.1, 0.15) is 5.75 Å². The number of piperidine rings is 1. The monoisotopic (exact) mass is 414 g/mol. The van der Waals surface area contributed by atoms with E-state index in [1.807, 2.05) is 43.8 Å². The number of amides is 1. The van der Waals surface area contributed by atoms with Crippen molar-refractivity contribution in [3.8, 4) is 5.75 Å². The van der Waals surface area contributed by atoms with Crippen LogP contribution in [-0.2, 0) is 11.3 Å². The Labute approximate surface area is 177 Å². The van der Waals surface area contributed by atoms with Crippen molar-refractivity contribution in [1.82, 2.24) is 14.9 Å². The zero-order chi connectivity index (χ0) is 20.6. The van der Waals surface area contributed by atoms with Crippen LogP contribution in [0, 0.1) is 12.8 Å². The zero-order valence-corrected chi connectivity index (χ0v) is 18.3. The van der Waals surface area contributed by atoms with Gasteiger partial charge in [-0.25, -0.2) is 9.97 Å². The van der Waals surface area contributed by atoms with Gasteiger partial charge in [0.2, 0.25) is 5.91 Å². The van der Waals surface area contributed by atoms with E-state index in [2.05, 4.69) is 20.2 Å². The van der Waals surface area contributed by atoms with Crippen LogP contribution in [0.25, 0.3) is 0 Å². The Morgan fingerprint density at radius 3 is 2.83 bits per heavy atom. The van der Waals surface area contributed by atoms with Crippen LogP contribution in [0.5, 0.6) is 5.75 Å². The van der Waals surface area contributed by atoms with E-state index in [-0.39, 0.29) is 5.91 Å².